The van der Waals surface area contributed by atoms with Crippen LogP contribution in [0.3, 0.4) is 0 Å². The zero-order valence-corrected chi connectivity index (χ0v) is 15.3. The van der Waals surface area contributed by atoms with E-state index in [1.165, 1.54) is 6.07 Å². The summed E-state index contributed by atoms with van der Waals surface area (Å²) in [4.78, 5) is 7.08. The molecule has 2 fully saturated rings. The molecule has 1 aliphatic carbocycles. The fourth-order valence-electron chi connectivity index (χ4n) is 3.86. The van der Waals surface area contributed by atoms with Gasteiger partial charge in [0.2, 0.25) is 11.7 Å². The van der Waals surface area contributed by atoms with Crippen molar-refractivity contribution in [1.82, 2.24) is 19.4 Å². The van der Waals surface area contributed by atoms with Gasteiger partial charge in [0.25, 0.3) is 16.1 Å². The van der Waals surface area contributed by atoms with Crippen LogP contribution in [0.1, 0.15) is 30.3 Å². The predicted octanol–water partition coefficient (Wildman–Crippen LogP) is 2.17. The molecule has 1 saturated carbocycles. The maximum Gasteiger partial charge on any atom is 0.433 e. The van der Waals surface area contributed by atoms with Crippen LogP contribution in [0.15, 0.2) is 22.9 Å². The van der Waals surface area contributed by atoms with Gasteiger partial charge >= 0.3 is 6.18 Å². The minimum atomic E-state index is -4.69. The zero-order valence-electron chi connectivity index (χ0n) is 14.5. The van der Waals surface area contributed by atoms with Gasteiger partial charge in [0.1, 0.15) is 11.6 Å². The number of nitrogens with zero attached hydrogens (tertiary/aromatic N) is 4. The summed E-state index contributed by atoms with van der Waals surface area (Å²) in [6.45, 7) is -0.351. The first-order valence-electron chi connectivity index (χ1n) is 8.39. The quantitative estimate of drug-likeness (QED) is 0.733. The van der Waals surface area contributed by atoms with Gasteiger partial charge in [0.05, 0.1) is 5.41 Å². The molecule has 14 heteroatoms. The number of alkyl halides is 5. The number of rotatable bonds is 3. The third-order valence-electron chi connectivity index (χ3n) is 5.47. The van der Waals surface area contributed by atoms with Gasteiger partial charge < -0.3 is 4.52 Å². The number of hydrogen-bond donors (Lipinski definition) is 1. The summed E-state index contributed by atoms with van der Waals surface area (Å²) < 4.78 is 96.2. The molecule has 2 N–H and O–H groups in total. The van der Waals surface area contributed by atoms with E-state index in [4.69, 9.17) is 9.66 Å². The molecule has 8 nitrogen and oxygen atoms in total. The lowest BCUT2D eigenvalue weighted by Gasteiger charge is -2.30. The summed E-state index contributed by atoms with van der Waals surface area (Å²) in [5.74, 6) is -5.33. The standard InChI is InChI=1S/C15H14F5N5O3S/c16-14(17)10(13(14)2-5-25(6-3-13)29(21,26)27)12-23-11(24-28-12)8-1-4-22-9(7-8)15(18,19)20/h1,4,7,10H,2-3,5-6H2,(H2,21,26,27)/t10-/m0/s1. The van der Waals surface area contributed by atoms with Crippen molar-refractivity contribution in [2.24, 2.45) is 10.6 Å². The molecule has 158 valence electrons. The van der Waals surface area contributed by atoms with Crippen LogP contribution in [0.2, 0.25) is 0 Å². The first-order chi connectivity index (χ1) is 13.4. The predicted molar refractivity (Wildman–Crippen MR) is 86.6 cm³/mol. The molecule has 0 radical (unpaired) electrons. The highest BCUT2D eigenvalue weighted by molar-refractivity contribution is 7.86. The van der Waals surface area contributed by atoms with E-state index in [0.29, 0.717) is 6.07 Å². The fraction of sp³-hybridized carbons (Fsp3) is 0.533. The first kappa shape index (κ1) is 20.1. The van der Waals surface area contributed by atoms with E-state index in [0.717, 1.165) is 10.5 Å². The van der Waals surface area contributed by atoms with Crippen molar-refractivity contribution in [3.63, 3.8) is 0 Å². The van der Waals surface area contributed by atoms with Crippen molar-refractivity contribution in [2.75, 3.05) is 13.1 Å². The van der Waals surface area contributed by atoms with Crippen molar-refractivity contribution in [3.8, 4) is 11.4 Å². The van der Waals surface area contributed by atoms with Crippen LogP contribution < -0.4 is 5.14 Å². The molecule has 2 aromatic heterocycles. The van der Waals surface area contributed by atoms with Crippen molar-refractivity contribution in [3.05, 3.63) is 29.9 Å². The Morgan fingerprint density at radius 1 is 1.24 bits per heavy atom. The van der Waals surface area contributed by atoms with Crippen molar-refractivity contribution in [2.45, 2.75) is 30.9 Å². The van der Waals surface area contributed by atoms with Gasteiger partial charge in [-0.15, -0.1) is 0 Å². The average molecular weight is 439 g/mol. The van der Waals surface area contributed by atoms with E-state index in [-0.39, 0.29) is 37.3 Å². The van der Waals surface area contributed by atoms with Crippen LogP contribution >= 0.6 is 0 Å². The molecular weight excluding hydrogens is 425 g/mol. The lowest BCUT2D eigenvalue weighted by Crippen LogP contribution is -2.43. The molecule has 0 amide bonds. The van der Waals surface area contributed by atoms with Gasteiger partial charge in [-0.25, -0.2) is 13.9 Å². The molecule has 29 heavy (non-hydrogen) atoms. The molecule has 1 atom stereocenters. The third-order valence-corrected chi connectivity index (χ3v) is 6.55. The van der Waals surface area contributed by atoms with Crippen LogP contribution in [-0.2, 0) is 16.4 Å². The Morgan fingerprint density at radius 2 is 1.90 bits per heavy atom. The summed E-state index contributed by atoms with van der Waals surface area (Å²) in [5.41, 5.74) is -2.80. The molecule has 3 heterocycles. The Kier molecular flexibility index (Phi) is 4.26. The Labute approximate surface area is 161 Å². The molecule has 1 spiro atoms. The normalized spacial score (nSPS) is 24.0. The summed E-state index contributed by atoms with van der Waals surface area (Å²) in [6, 6.07) is 1.90. The minimum Gasteiger partial charge on any atom is -0.338 e. The number of piperidine rings is 1. The number of hydrogen-bond acceptors (Lipinski definition) is 6. The van der Waals surface area contributed by atoms with E-state index >= 15 is 0 Å². The van der Waals surface area contributed by atoms with Crippen molar-refractivity contribution >= 4 is 10.2 Å². The van der Waals surface area contributed by atoms with Crippen molar-refractivity contribution in [1.29, 1.82) is 0 Å². The number of pyridine rings is 1. The highest BCUT2D eigenvalue weighted by Gasteiger charge is 2.82. The van der Waals surface area contributed by atoms with Gasteiger partial charge in [0.15, 0.2) is 0 Å². The highest BCUT2D eigenvalue weighted by atomic mass is 32.2. The smallest absolute Gasteiger partial charge is 0.338 e. The van der Waals surface area contributed by atoms with Gasteiger partial charge in [-0.3, -0.25) is 4.98 Å². The van der Waals surface area contributed by atoms with Crippen molar-refractivity contribution < 1.29 is 34.9 Å². The molecule has 2 aliphatic rings. The molecule has 0 aromatic carbocycles. The number of aromatic nitrogens is 3. The van der Waals surface area contributed by atoms with Gasteiger partial charge in [-0.05, 0) is 25.0 Å². The molecule has 0 bridgehead atoms. The van der Waals surface area contributed by atoms with E-state index in [2.05, 4.69) is 15.1 Å². The van der Waals surface area contributed by atoms with Crippen LogP contribution in [0.5, 0.6) is 0 Å². The Hall–Kier alpha value is -2.19. The largest absolute Gasteiger partial charge is 0.433 e. The van der Waals surface area contributed by atoms with Gasteiger partial charge in [0, 0.05) is 24.8 Å². The number of halogens is 5. The average Bonchev–Trinajstić information content (AvgIpc) is 2.96. The van der Waals surface area contributed by atoms with Crippen LogP contribution in [0.25, 0.3) is 11.4 Å². The monoisotopic (exact) mass is 439 g/mol. The maximum atomic E-state index is 14.6. The molecule has 0 unspecified atom stereocenters. The molecule has 4 rings (SSSR count). The van der Waals surface area contributed by atoms with E-state index in [9.17, 15) is 30.4 Å². The van der Waals surface area contributed by atoms with Crippen LogP contribution in [0, 0.1) is 5.41 Å². The van der Waals surface area contributed by atoms with Gasteiger partial charge in [-0.2, -0.15) is 30.9 Å². The Bertz CT molecular complexity index is 1050. The lowest BCUT2D eigenvalue weighted by atomic mass is 9.91. The summed E-state index contributed by atoms with van der Waals surface area (Å²) in [7, 11) is -3.98. The zero-order chi connectivity index (χ0) is 21.2. The van der Waals surface area contributed by atoms with E-state index < -0.39 is 45.2 Å². The molecule has 2 aromatic rings. The number of nitrogens with two attached hydrogens (primary N) is 1. The summed E-state index contributed by atoms with van der Waals surface area (Å²) in [6.07, 6.45) is -4.10. The second-order valence-corrected chi connectivity index (χ2v) is 8.59. The first-order valence-corrected chi connectivity index (χ1v) is 9.89. The van der Waals surface area contributed by atoms with Crippen LogP contribution in [0.4, 0.5) is 22.0 Å². The lowest BCUT2D eigenvalue weighted by molar-refractivity contribution is -0.141. The fourth-order valence-corrected chi connectivity index (χ4v) is 4.55. The van der Waals surface area contributed by atoms with E-state index in [1.807, 2.05) is 0 Å². The summed E-state index contributed by atoms with van der Waals surface area (Å²) in [5, 5.41) is 8.56. The maximum absolute atomic E-state index is 14.6. The SMILES string of the molecule is NS(=O)(=O)N1CCC2(CC1)[C@H](c1nc(-c3ccnc(C(F)(F)F)c3)no1)C2(F)F. The molecule has 1 aliphatic heterocycles. The second-order valence-electron chi connectivity index (χ2n) is 7.04. The Balaban J connectivity index is 1.58. The minimum absolute atomic E-state index is 0.0793. The van der Waals surface area contributed by atoms with Crippen LogP contribution in [-0.4, -0.2) is 46.9 Å². The Morgan fingerprint density at radius 3 is 2.48 bits per heavy atom. The third kappa shape index (κ3) is 3.18. The summed E-state index contributed by atoms with van der Waals surface area (Å²) >= 11 is 0. The second kappa shape index (κ2) is 6.15. The molecule has 1 saturated heterocycles. The van der Waals surface area contributed by atoms with E-state index in [1.54, 1.807) is 0 Å². The van der Waals surface area contributed by atoms with Gasteiger partial charge in [-0.1, -0.05) is 5.16 Å². The highest BCUT2D eigenvalue weighted by Crippen LogP contribution is 2.75. The molecular formula is C15H14F5N5O3S. The topological polar surface area (TPSA) is 115 Å².